The van der Waals surface area contributed by atoms with Gasteiger partial charge in [0.25, 0.3) is 0 Å². The molecule has 110 valence electrons. The van der Waals surface area contributed by atoms with Gasteiger partial charge in [0.1, 0.15) is 11.6 Å². The molecule has 0 unspecified atom stereocenters. The average Bonchev–Trinajstić information content (AvgIpc) is 2.48. The number of benzene rings is 2. The van der Waals surface area contributed by atoms with Crippen LogP contribution in [0.25, 0.3) is 0 Å². The van der Waals surface area contributed by atoms with Crippen molar-refractivity contribution in [3.63, 3.8) is 0 Å². The number of methoxy groups -OCH3 is 1. The molecule has 1 amide bonds. The summed E-state index contributed by atoms with van der Waals surface area (Å²) in [5.41, 5.74) is 1.03. The highest BCUT2D eigenvalue weighted by atomic mass is 35.5. The van der Waals surface area contributed by atoms with Gasteiger partial charge in [0.15, 0.2) is 0 Å². The van der Waals surface area contributed by atoms with Crippen molar-refractivity contribution in [1.29, 1.82) is 0 Å². The average molecular weight is 308 g/mol. The molecule has 21 heavy (non-hydrogen) atoms. The van der Waals surface area contributed by atoms with Crippen molar-refractivity contribution in [1.82, 2.24) is 0 Å². The van der Waals surface area contributed by atoms with Gasteiger partial charge in [-0.05, 0) is 30.2 Å². The number of hydrogen-bond donors (Lipinski definition) is 1. The number of aryl methyl sites for hydroxylation is 1. The van der Waals surface area contributed by atoms with E-state index in [1.54, 1.807) is 43.5 Å². The van der Waals surface area contributed by atoms with Crippen LogP contribution in [0.2, 0.25) is 5.02 Å². The standard InChI is InChI=1S/C16H15ClFNO2/c1-21-12-7-8-15(13(17)10-12)19-16(20)9-6-11-4-2-3-5-14(11)18/h2-5,7-8,10H,6,9H2,1H3,(H,19,20). The van der Waals surface area contributed by atoms with E-state index in [9.17, 15) is 9.18 Å². The number of carbonyl (C=O) groups excluding carboxylic acids is 1. The number of rotatable bonds is 5. The predicted molar refractivity (Wildman–Crippen MR) is 81.4 cm³/mol. The largest absolute Gasteiger partial charge is 0.497 e. The monoisotopic (exact) mass is 307 g/mol. The maximum absolute atomic E-state index is 13.4. The van der Waals surface area contributed by atoms with Gasteiger partial charge in [-0.3, -0.25) is 4.79 Å². The summed E-state index contributed by atoms with van der Waals surface area (Å²) in [6.07, 6.45) is 0.523. The molecule has 0 bridgehead atoms. The van der Waals surface area contributed by atoms with Gasteiger partial charge < -0.3 is 10.1 Å². The second kappa shape index (κ2) is 7.09. The summed E-state index contributed by atoms with van der Waals surface area (Å²) in [7, 11) is 1.54. The minimum atomic E-state index is -0.298. The molecule has 0 atom stereocenters. The van der Waals surface area contributed by atoms with Crippen LogP contribution in [0.5, 0.6) is 5.75 Å². The van der Waals surface area contributed by atoms with E-state index < -0.39 is 0 Å². The molecular formula is C16H15ClFNO2. The highest BCUT2D eigenvalue weighted by Crippen LogP contribution is 2.26. The Kier molecular flexibility index (Phi) is 5.17. The molecule has 0 saturated carbocycles. The Morgan fingerprint density at radius 2 is 2.05 bits per heavy atom. The van der Waals surface area contributed by atoms with Gasteiger partial charge in [-0.25, -0.2) is 4.39 Å². The minimum Gasteiger partial charge on any atom is -0.497 e. The normalized spacial score (nSPS) is 10.2. The van der Waals surface area contributed by atoms with Crippen molar-refractivity contribution in [2.24, 2.45) is 0 Å². The minimum absolute atomic E-state index is 0.184. The lowest BCUT2D eigenvalue weighted by molar-refractivity contribution is -0.116. The van der Waals surface area contributed by atoms with E-state index in [-0.39, 0.29) is 18.1 Å². The highest BCUT2D eigenvalue weighted by Gasteiger charge is 2.08. The first-order valence-corrected chi connectivity index (χ1v) is 6.84. The summed E-state index contributed by atoms with van der Waals surface area (Å²) in [4.78, 5) is 11.9. The van der Waals surface area contributed by atoms with Crippen LogP contribution in [0.1, 0.15) is 12.0 Å². The fourth-order valence-corrected chi connectivity index (χ4v) is 2.10. The fraction of sp³-hybridized carbons (Fsp3) is 0.188. The van der Waals surface area contributed by atoms with Crippen LogP contribution >= 0.6 is 11.6 Å². The molecule has 0 fully saturated rings. The summed E-state index contributed by atoms with van der Waals surface area (Å²) in [6, 6.07) is 11.4. The quantitative estimate of drug-likeness (QED) is 0.904. The van der Waals surface area contributed by atoms with E-state index in [0.717, 1.165) is 0 Å². The van der Waals surface area contributed by atoms with Gasteiger partial charge in [-0.1, -0.05) is 29.8 Å². The van der Waals surface area contributed by atoms with Crippen LogP contribution < -0.4 is 10.1 Å². The summed E-state index contributed by atoms with van der Waals surface area (Å²) < 4.78 is 18.5. The van der Waals surface area contributed by atoms with Crippen LogP contribution in [0, 0.1) is 5.82 Å². The van der Waals surface area contributed by atoms with E-state index in [1.807, 2.05) is 0 Å². The Labute approximate surface area is 127 Å². The lowest BCUT2D eigenvalue weighted by Crippen LogP contribution is -2.13. The smallest absolute Gasteiger partial charge is 0.224 e. The molecule has 0 aromatic heterocycles. The maximum Gasteiger partial charge on any atom is 0.224 e. The van der Waals surface area contributed by atoms with Crippen LogP contribution in [0.15, 0.2) is 42.5 Å². The number of halogens is 2. The van der Waals surface area contributed by atoms with Gasteiger partial charge in [0.05, 0.1) is 17.8 Å². The molecule has 1 N–H and O–H groups in total. The predicted octanol–water partition coefficient (Wildman–Crippen LogP) is 4.06. The van der Waals surface area contributed by atoms with Crippen molar-refractivity contribution >= 4 is 23.2 Å². The van der Waals surface area contributed by atoms with E-state index in [0.29, 0.717) is 28.4 Å². The summed E-state index contributed by atoms with van der Waals surface area (Å²) >= 11 is 6.04. The van der Waals surface area contributed by atoms with Gasteiger partial charge >= 0.3 is 0 Å². The number of ether oxygens (including phenoxy) is 1. The Balaban J connectivity index is 1.95. The summed E-state index contributed by atoms with van der Waals surface area (Å²) in [5.74, 6) is 0.0995. The fourth-order valence-electron chi connectivity index (χ4n) is 1.89. The third kappa shape index (κ3) is 4.20. The van der Waals surface area contributed by atoms with Gasteiger partial charge in [-0.15, -0.1) is 0 Å². The third-order valence-electron chi connectivity index (χ3n) is 3.03. The molecule has 0 heterocycles. The van der Waals surface area contributed by atoms with E-state index in [2.05, 4.69) is 5.32 Å². The molecule has 0 radical (unpaired) electrons. The first kappa shape index (κ1) is 15.3. The Morgan fingerprint density at radius 3 is 2.71 bits per heavy atom. The first-order valence-electron chi connectivity index (χ1n) is 6.47. The van der Waals surface area contributed by atoms with Crippen molar-refractivity contribution in [3.05, 3.63) is 58.9 Å². The van der Waals surface area contributed by atoms with E-state index >= 15 is 0 Å². The van der Waals surface area contributed by atoms with E-state index in [4.69, 9.17) is 16.3 Å². The third-order valence-corrected chi connectivity index (χ3v) is 3.34. The first-order chi connectivity index (χ1) is 10.1. The lowest BCUT2D eigenvalue weighted by atomic mass is 10.1. The molecule has 0 saturated heterocycles. The summed E-state index contributed by atoms with van der Waals surface area (Å²) in [6.45, 7) is 0. The van der Waals surface area contributed by atoms with Crippen molar-refractivity contribution in [2.75, 3.05) is 12.4 Å². The van der Waals surface area contributed by atoms with Crippen LogP contribution in [-0.4, -0.2) is 13.0 Å². The van der Waals surface area contributed by atoms with Crippen molar-refractivity contribution in [3.8, 4) is 5.75 Å². The van der Waals surface area contributed by atoms with Crippen LogP contribution in [-0.2, 0) is 11.2 Å². The molecule has 0 aliphatic heterocycles. The second-order valence-electron chi connectivity index (χ2n) is 4.49. The molecule has 2 rings (SSSR count). The van der Waals surface area contributed by atoms with Crippen molar-refractivity contribution < 1.29 is 13.9 Å². The highest BCUT2D eigenvalue weighted by molar-refractivity contribution is 6.33. The maximum atomic E-state index is 13.4. The van der Waals surface area contributed by atoms with Crippen LogP contribution in [0.4, 0.5) is 10.1 Å². The van der Waals surface area contributed by atoms with E-state index in [1.165, 1.54) is 6.07 Å². The zero-order chi connectivity index (χ0) is 15.2. The molecule has 2 aromatic rings. The van der Waals surface area contributed by atoms with Crippen LogP contribution in [0.3, 0.4) is 0 Å². The number of hydrogen-bond acceptors (Lipinski definition) is 2. The molecule has 0 aliphatic carbocycles. The molecule has 2 aromatic carbocycles. The van der Waals surface area contributed by atoms with Crippen molar-refractivity contribution in [2.45, 2.75) is 12.8 Å². The Hall–Kier alpha value is -2.07. The molecule has 3 nitrogen and oxygen atoms in total. The molecule has 0 aliphatic rings. The topological polar surface area (TPSA) is 38.3 Å². The lowest BCUT2D eigenvalue weighted by Gasteiger charge is -2.09. The number of anilines is 1. The Bertz CT molecular complexity index is 646. The summed E-state index contributed by atoms with van der Waals surface area (Å²) in [5, 5.41) is 3.10. The SMILES string of the molecule is COc1ccc(NC(=O)CCc2ccccc2F)c(Cl)c1. The molecule has 5 heteroatoms. The molecular weight excluding hydrogens is 293 g/mol. The second-order valence-corrected chi connectivity index (χ2v) is 4.89. The number of carbonyl (C=O) groups is 1. The van der Waals surface area contributed by atoms with Gasteiger partial charge in [0.2, 0.25) is 5.91 Å². The zero-order valence-corrected chi connectivity index (χ0v) is 12.3. The van der Waals surface area contributed by atoms with Gasteiger partial charge in [0, 0.05) is 12.5 Å². The van der Waals surface area contributed by atoms with Gasteiger partial charge in [-0.2, -0.15) is 0 Å². The Morgan fingerprint density at radius 1 is 1.29 bits per heavy atom. The number of nitrogens with one attached hydrogen (secondary N) is 1. The number of amides is 1. The molecule has 0 spiro atoms. The zero-order valence-electron chi connectivity index (χ0n) is 11.5.